The van der Waals surface area contributed by atoms with Gasteiger partial charge in [-0.1, -0.05) is 13.0 Å². The standard InChI is InChI=1S/C12H11F2NO3/c1-3-7-4-5-9(18-12(13)14)10(8(7)6-15)11(16)17-2/h4-5,12H,3H2,1-2H3. The molecule has 1 aromatic rings. The van der Waals surface area contributed by atoms with Crippen molar-refractivity contribution in [3.8, 4) is 11.8 Å². The highest BCUT2D eigenvalue weighted by Crippen LogP contribution is 2.27. The summed E-state index contributed by atoms with van der Waals surface area (Å²) in [6.07, 6.45) is 0.488. The number of halogens is 2. The number of carbonyl (C=O) groups excluding carboxylic acids is 1. The Hall–Kier alpha value is -2.16. The molecule has 4 nitrogen and oxygen atoms in total. The van der Waals surface area contributed by atoms with Gasteiger partial charge in [-0.25, -0.2) is 4.79 Å². The van der Waals surface area contributed by atoms with E-state index >= 15 is 0 Å². The van der Waals surface area contributed by atoms with Gasteiger partial charge < -0.3 is 9.47 Å². The summed E-state index contributed by atoms with van der Waals surface area (Å²) in [6.45, 7) is -1.29. The van der Waals surface area contributed by atoms with Crippen molar-refractivity contribution in [2.24, 2.45) is 0 Å². The molecule has 0 amide bonds. The Balaban J connectivity index is 3.45. The molecule has 6 heteroatoms. The van der Waals surface area contributed by atoms with Gasteiger partial charge in [0.05, 0.1) is 12.7 Å². The van der Waals surface area contributed by atoms with Crippen LogP contribution in [0.1, 0.15) is 28.4 Å². The first-order valence-corrected chi connectivity index (χ1v) is 5.14. The lowest BCUT2D eigenvalue weighted by Crippen LogP contribution is -2.12. The van der Waals surface area contributed by atoms with Gasteiger partial charge in [-0.05, 0) is 18.1 Å². The van der Waals surface area contributed by atoms with Crippen molar-refractivity contribution in [3.63, 3.8) is 0 Å². The minimum Gasteiger partial charge on any atom is -0.465 e. The van der Waals surface area contributed by atoms with Gasteiger partial charge in [0.2, 0.25) is 0 Å². The second-order valence-corrected chi connectivity index (χ2v) is 3.31. The Bertz CT molecular complexity index is 495. The molecule has 0 spiro atoms. The van der Waals surface area contributed by atoms with Gasteiger partial charge in [-0.2, -0.15) is 14.0 Å². The molecular weight excluding hydrogens is 244 g/mol. The number of nitrogens with zero attached hydrogens (tertiary/aromatic N) is 1. The lowest BCUT2D eigenvalue weighted by Gasteiger charge is -2.12. The molecule has 0 heterocycles. The lowest BCUT2D eigenvalue weighted by atomic mass is 9.99. The van der Waals surface area contributed by atoms with Gasteiger partial charge in [-0.3, -0.25) is 0 Å². The number of methoxy groups -OCH3 is 1. The summed E-state index contributed by atoms with van der Waals surface area (Å²) in [7, 11) is 1.11. The highest BCUT2D eigenvalue weighted by Gasteiger charge is 2.22. The van der Waals surface area contributed by atoms with Crippen LogP contribution in [-0.2, 0) is 11.2 Å². The summed E-state index contributed by atoms with van der Waals surface area (Å²) in [4.78, 5) is 11.6. The molecule has 0 aliphatic heterocycles. The van der Waals surface area contributed by atoms with Crippen molar-refractivity contribution in [2.75, 3.05) is 7.11 Å². The molecule has 0 fully saturated rings. The fraction of sp³-hybridized carbons (Fsp3) is 0.333. The zero-order valence-corrected chi connectivity index (χ0v) is 9.87. The van der Waals surface area contributed by atoms with E-state index in [-0.39, 0.29) is 16.9 Å². The van der Waals surface area contributed by atoms with E-state index in [0.717, 1.165) is 7.11 Å². The third kappa shape index (κ3) is 2.74. The van der Waals surface area contributed by atoms with Gasteiger partial charge in [0.15, 0.2) is 0 Å². The van der Waals surface area contributed by atoms with Gasteiger partial charge in [0.1, 0.15) is 17.4 Å². The topological polar surface area (TPSA) is 59.3 Å². The second kappa shape index (κ2) is 5.96. The molecule has 0 unspecified atom stereocenters. The number of hydrogen-bond acceptors (Lipinski definition) is 4. The first kappa shape index (κ1) is 13.9. The molecule has 0 radical (unpaired) electrons. The Morgan fingerprint density at radius 3 is 2.61 bits per heavy atom. The van der Waals surface area contributed by atoms with Crippen LogP contribution in [0, 0.1) is 11.3 Å². The predicted octanol–water partition coefficient (Wildman–Crippen LogP) is 2.51. The van der Waals surface area contributed by atoms with Gasteiger partial charge in [0.25, 0.3) is 0 Å². The van der Waals surface area contributed by atoms with Crippen LogP contribution in [0.2, 0.25) is 0 Å². The zero-order chi connectivity index (χ0) is 13.7. The van der Waals surface area contributed by atoms with E-state index in [1.54, 1.807) is 6.92 Å². The summed E-state index contributed by atoms with van der Waals surface area (Å²) >= 11 is 0. The Labute approximate surface area is 103 Å². The van der Waals surface area contributed by atoms with Crippen LogP contribution in [0.3, 0.4) is 0 Å². The molecule has 0 saturated heterocycles. The van der Waals surface area contributed by atoms with E-state index in [1.165, 1.54) is 12.1 Å². The number of aryl methyl sites for hydroxylation is 1. The van der Waals surface area contributed by atoms with E-state index < -0.39 is 12.6 Å². The zero-order valence-electron chi connectivity index (χ0n) is 9.87. The van der Waals surface area contributed by atoms with Crippen molar-refractivity contribution in [2.45, 2.75) is 20.0 Å². The molecule has 0 bridgehead atoms. The monoisotopic (exact) mass is 255 g/mol. The maximum Gasteiger partial charge on any atom is 0.387 e. The number of hydrogen-bond donors (Lipinski definition) is 0. The molecule has 1 aromatic carbocycles. The quantitative estimate of drug-likeness (QED) is 0.775. The van der Waals surface area contributed by atoms with Crippen molar-refractivity contribution >= 4 is 5.97 Å². The van der Waals surface area contributed by atoms with E-state index in [9.17, 15) is 13.6 Å². The molecule has 96 valence electrons. The predicted molar refractivity (Wildman–Crippen MR) is 58.5 cm³/mol. The maximum absolute atomic E-state index is 12.2. The molecule has 0 N–H and O–H groups in total. The molecule has 18 heavy (non-hydrogen) atoms. The fourth-order valence-electron chi connectivity index (χ4n) is 1.55. The van der Waals surface area contributed by atoms with Gasteiger partial charge in [0, 0.05) is 0 Å². The minimum atomic E-state index is -3.08. The molecule has 0 aliphatic rings. The Morgan fingerprint density at radius 1 is 1.50 bits per heavy atom. The van der Waals surface area contributed by atoms with Crippen LogP contribution in [0.5, 0.6) is 5.75 Å². The first-order chi connectivity index (χ1) is 8.54. The number of carbonyl (C=O) groups is 1. The van der Waals surface area contributed by atoms with Crippen LogP contribution in [0.25, 0.3) is 0 Å². The van der Waals surface area contributed by atoms with Crippen LogP contribution in [0.15, 0.2) is 12.1 Å². The minimum absolute atomic E-state index is 0.00231. The molecular formula is C12H11F2NO3. The van der Waals surface area contributed by atoms with E-state index in [4.69, 9.17) is 5.26 Å². The van der Waals surface area contributed by atoms with Crippen LogP contribution in [-0.4, -0.2) is 19.7 Å². The van der Waals surface area contributed by atoms with Crippen molar-refractivity contribution in [3.05, 3.63) is 28.8 Å². The van der Waals surface area contributed by atoms with E-state index in [0.29, 0.717) is 12.0 Å². The van der Waals surface area contributed by atoms with Crippen LogP contribution < -0.4 is 4.74 Å². The average molecular weight is 255 g/mol. The third-order valence-corrected chi connectivity index (χ3v) is 2.35. The van der Waals surface area contributed by atoms with Crippen molar-refractivity contribution in [1.29, 1.82) is 5.26 Å². The third-order valence-electron chi connectivity index (χ3n) is 2.35. The summed E-state index contributed by atoms with van der Waals surface area (Å²) in [5, 5.41) is 9.03. The van der Waals surface area contributed by atoms with Crippen LogP contribution in [0.4, 0.5) is 8.78 Å². The Kier molecular flexibility index (Phi) is 4.60. The number of alkyl halides is 2. The van der Waals surface area contributed by atoms with E-state index in [1.807, 2.05) is 6.07 Å². The highest BCUT2D eigenvalue weighted by atomic mass is 19.3. The summed E-state index contributed by atoms with van der Waals surface area (Å²) in [5.41, 5.74) is 0.307. The number of esters is 1. The highest BCUT2D eigenvalue weighted by molar-refractivity contribution is 5.95. The normalized spacial score (nSPS) is 10.0. The second-order valence-electron chi connectivity index (χ2n) is 3.31. The van der Waals surface area contributed by atoms with Gasteiger partial charge in [-0.15, -0.1) is 0 Å². The largest absolute Gasteiger partial charge is 0.465 e. The summed E-state index contributed by atoms with van der Waals surface area (Å²) < 4.78 is 33.2. The van der Waals surface area contributed by atoms with Crippen molar-refractivity contribution < 1.29 is 23.0 Å². The van der Waals surface area contributed by atoms with Crippen LogP contribution >= 0.6 is 0 Å². The smallest absolute Gasteiger partial charge is 0.387 e. The summed E-state index contributed by atoms with van der Waals surface area (Å²) in [5.74, 6) is -1.23. The van der Waals surface area contributed by atoms with Crippen molar-refractivity contribution in [1.82, 2.24) is 0 Å². The molecule has 0 saturated carbocycles. The number of rotatable bonds is 4. The molecule has 1 rings (SSSR count). The first-order valence-electron chi connectivity index (χ1n) is 5.14. The average Bonchev–Trinajstić information content (AvgIpc) is 2.36. The molecule has 0 atom stereocenters. The fourth-order valence-corrected chi connectivity index (χ4v) is 1.55. The summed E-state index contributed by atoms with van der Waals surface area (Å²) in [6, 6.07) is 4.53. The molecule has 0 aromatic heterocycles. The SMILES string of the molecule is CCc1ccc(OC(F)F)c(C(=O)OC)c1C#N. The lowest BCUT2D eigenvalue weighted by molar-refractivity contribution is -0.0504. The number of ether oxygens (including phenoxy) is 2. The number of nitriles is 1. The van der Waals surface area contributed by atoms with E-state index in [2.05, 4.69) is 9.47 Å². The maximum atomic E-state index is 12.2. The number of benzene rings is 1. The van der Waals surface area contributed by atoms with Gasteiger partial charge >= 0.3 is 12.6 Å². The Morgan fingerprint density at radius 2 is 2.17 bits per heavy atom. The molecule has 0 aliphatic carbocycles.